The zero-order valence-corrected chi connectivity index (χ0v) is 19.1. The molecule has 0 fully saturated rings. The lowest BCUT2D eigenvalue weighted by Crippen LogP contribution is -2.31. The van der Waals surface area contributed by atoms with Crippen molar-refractivity contribution in [3.05, 3.63) is 71.4 Å². The van der Waals surface area contributed by atoms with E-state index < -0.39 is 18.4 Å². The molecule has 1 aliphatic rings. The number of halogens is 2. The van der Waals surface area contributed by atoms with Gasteiger partial charge in [-0.3, -0.25) is 4.79 Å². The summed E-state index contributed by atoms with van der Waals surface area (Å²) in [6.07, 6.45) is -1.06. The van der Waals surface area contributed by atoms with Crippen LogP contribution in [0.3, 0.4) is 0 Å². The van der Waals surface area contributed by atoms with Crippen molar-refractivity contribution in [2.24, 2.45) is 0 Å². The number of hydrogen-bond acceptors (Lipinski definition) is 4. The molecule has 3 aromatic rings. The molecule has 33 heavy (non-hydrogen) atoms. The van der Waals surface area contributed by atoms with Crippen molar-refractivity contribution in [1.82, 2.24) is 9.78 Å². The van der Waals surface area contributed by atoms with E-state index in [9.17, 15) is 13.6 Å². The highest BCUT2D eigenvalue weighted by Gasteiger charge is 2.36. The number of aromatic nitrogens is 2. The Morgan fingerprint density at radius 1 is 1.15 bits per heavy atom. The molecule has 1 amide bonds. The molecule has 0 radical (unpaired) electrons. The van der Waals surface area contributed by atoms with Gasteiger partial charge in [-0.1, -0.05) is 29.8 Å². The van der Waals surface area contributed by atoms with Crippen LogP contribution in [0, 0.1) is 6.92 Å². The highest BCUT2D eigenvalue weighted by Crippen LogP contribution is 2.39. The van der Waals surface area contributed by atoms with Gasteiger partial charge in [0.05, 0.1) is 12.2 Å². The molecule has 174 valence electrons. The fraction of sp³-hybridized carbons (Fsp3) is 0.360. The number of amides is 1. The Hall–Kier alpha value is -3.42. The Kier molecular flexibility index (Phi) is 6.62. The Morgan fingerprint density at radius 3 is 2.42 bits per heavy atom. The molecule has 0 aliphatic carbocycles. The number of fused-ring (bicyclic) bond motifs is 1. The van der Waals surface area contributed by atoms with Crippen LogP contribution >= 0.6 is 0 Å². The zero-order chi connectivity index (χ0) is 23.5. The van der Waals surface area contributed by atoms with E-state index in [0.29, 0.717) is 11.5 Å². The van der Waals surface area contributed by atoms with Gasteiger partial charge < -0.3 is 15.5 Å². The first kappa shape index (κ1) is 22.8. The molecule has 0 spiro atoms. The summed E-state index contributed by atoms with van der Waals surface area (Å²) in [5.74, 6) is -0.0775. The van der Waals surface area contributed by atoms with Gasteiger partial charge in [0.25, 0.3) is 12.3 Å². The van der Waals surface area contributed by atoms with Crippen LogP contribution in [0.2, 0.25) is 0 Å². The van der Waals surface area contributed by atoms with Crippen molar-refractivity contribution in [3.8, 4) is 0 Å². The fourth-order valence-corrected chi connectivity index (χ4v) is 4.26. The van der Waals surface area contributed by atoms with Crippen molar-refractivity contribution in [1.29, 1.82) is 0 Å². The third kappa shape index (κ3) is 4.69. The predicted molar refractivity (Wildman–Crippen MR) is 127 cm³/mol. The quantitative estimate of drug-likeness (QED) is 0.485. The molecule has 2 heterocycles. The van der Waals surface area contributed by atoms with Gasteiger partial charge in [-0.2, -0.15) is 5.10 Å². The summed E-state index contributed by atoms with van der Waals surface area (Å²) in [6.45, 7) is 7.94. The largest absolute Gasteiger partial charge is 0.372 e. The Balaban J connectivity index is 1.57. The Morgan fingerprint density at radius 2 is 1.82 bits per heavy atom. The van der Waals surface area contributed by atoms with Gasteiger partial charge >= 0.3 is 0 Å². The van der Waals surface area contributed by atoms with Gasteiger partial charge in [-0.25, -0.2) is 13.5 Å². The number of aryl methyl sites for hydroxylation is 1. The molecule has 2 atom stereocenters. The number of nitrogens with one attached hydrogen (secondary N) is 2. The average molecular weight is 454 g/mol. The van der Waals surface area contributed by atoms with Crippen LogP contribution in [-0.4, -0.2) is 35.2 Å². The van der Waals surface area contributed by atoms with Crippen LogP contribution in [-0.2, 0) is 0 Å². The Labute approximate surface area is 192 Å². The minimum absolute atomic E-state index is 0.184. The van der Waals surface area contributed by atoms with Crippen LogP contribution in [0.1, 0.15) is 53.8 Å². The average Bonchev–Trinajstić information content (AvgIpc) is 3.25. The highest BCUT2D eigenvalue weighted by molar-refractivity contribution is 6.07. The second-order valence-corrected chi connectivity index (χ2v) is 8.27. The summed E-state index contributed by atoms with van der Waals surface area (Å²) in [6, 6.07) is 13.9. The molecule has 2 aromatic carbocycles. The SMILES string of the molecule is CCN(CC)c1ccc(NC(=O)c2cnn3c2N[C@H](c2ccc(C)cc2)C[C@@H]3C(F)F)cc1. The molecule has 6 nitrogen and oxygen atoms in total. The van der Waals surface area contributed by atoms with Crippen LogP contribution in [0.25, 0.3) is 0 Å². The second-order valence-electron chi connectivity index (χ2n) is 8.27. The number of carbonyl (C=O) groups excluding carboxylic acids is 1. The number of hydrogen-bond donors (Lipinski definition) is 2. The standard InChI is InChI=1S/C25H29F2N5O/c1-4-31(5-2)19-12-10-18(11-13-19)29-25(33)20-15-28-32-22(23(26)27)14-21(30-24(20)32)17-8-6-16(3)7-9-17/h6-13,15,21-23,30H,4-5,14H2,1-3H3,(H,29,33)/t21-,22+/m0/s1. The van der Waals surface area contributed by atoms with Gasteiger partial charge in [0.15, 0.2) is 0 Å². The van der Waals surface area contributed by atoms with E-state index in [1.165, 1.54) is 10.9 Å². The second kappa shape index (κ2) is 9.60. The van der Waals surface area contributed by atoms with Crippen molar-refractivity contribution in [2.75, 3.05) is 28.6 Å². The van der Waals surface area contributed by atoms with E-state index in [4.69, 9.17) is 0 Å². The third-order valence-corrected chi connectivity index (χ3v) is 6.17. The number of benzene rings is 2. The van der Waals surface area contributed by atoms with Gasteiger partial charge in [0.1, 0.15) is 17.4 Å². The van der Waals surface area contributed by atoms with E-state index >= 15 is 0 Å². The smallest absolute Gasteiger partial charge is 0.261 e. The van der Waals surface area contributed by atoms with Crippen LogP contribution in [0.15, 0.2) is 54.7 Å². The van der Waals surface area contributed by atoms with Crippen molar-refractivity contribution >= 4 is 23.1 Å². The molecule has 4 rings (SSSR count). The summed E-state index contributed by atoms with van der Waals surface area (Å²) < 4.78 is 29.0. The molecule has 1 aromatic heterocycles. The van der Waals surface area contributed by atoms with Gasteiger partial charge in [-0.15, -0.1) is 0 Å². The van der Waals surface area contributed by atoms with E-state index in [1.54, 1.807) is 0 Å². The first-order chi connectivity index (χ1) is 15.9. The number of nitrogens with zero attached hydrogens (tertiary/aromatic N) is 3. The summed E-state index contributed by atoms with van der Waals surface area (Å²) in [5, 5.41) is 10.3. The highest BCUT2D eigenvalue weighted by atomic mass is 19.3. The first-order valence-corrected chi connectivity index (χ1v) is 11.3. The zero-order valence-electron chi connectivity index (χ0n) is 19.1. The number of rotatable bonds is 7. The third-order valence-electron chi connectivity index (χ3n) is 6.17. The predicted octanol–water partition coefficient (Wildman–Crippen LogP) is 5.65. The molecule has 8 heteroatoms. The maximum absolute atomic E-state index is 13.9. The summed E-state index contributed by atoms with van der Waals surface area (Å²) in [5.41, 5.74) is 3.94. The normalized spacial score (nSPS) is 17.4. The topological polar surface area (TPSA) is 62.2 Å². The summed E-state index contributed by atoms with van der Waals surface area (Å²) >= 11 is 0. The van der Waals surface area contributed by atoms with Crippen LogP contribution in [0.5, 0.6) is 0 Å². The van der Waals surface area contributed by atoms with Crippen molar-refractivity contribution in [3.63, 3.8) is 0 Å². The van der Waals surface area contributed by atoms with Crippen molar-refractivity contribution in [2.45, 2.75) is 45.7 Å². The summed E-state index contributed by atoms with van der Waals surface area (Å²) in [4.78, 5) is 15.2. The summed E-state index contributed by atoms with van der Waals surface area (Å²) in [7, 11) is 0. The molecular formula is C25H29F2N5O. The molecule has 2 N–H and O–H groups in total. The minimum atomic E-state index is -2.60. The fourth-order valence-electron chi connectivity index (χ4n) is 4.26. The minimum Gasteiger partial charge on any atom is -0.372 e. The van der Waals surface area contributed by atoms with Gasteiger partial charge in [0, 0.05) is 24.5 Å². The van der Waals surface area contributed by atoms with E-state index in [1.807, 2.05) is 55.5 Å². The monoisotopic (exact) mass is 453 g/mol. The molecule has 1 aliphatic heterocycles. The van der Waals surface area contributed by atoms with E-state index in [-0.39, 0.29) is 18.0 Å². The molecule has 0 unspecified atom stereocenters. The van der Waals surface area contributed by atoms with E-state index in [2.05, 4.69) is 34.5 Å². The maximum atomic E-state index is 13.9. The van der Waals surface area contributed by atoms with Crippen molar-refractivity contribution < 1.29 is 13.6 Å². The van der Waals surface area contributed by atoms with Gasteiger partial charge in [-0.05, 0) is 57.0 Å². The first-order valence-electron chi connectivity index (χ1n) is 11.3. The van der Waals surface area contributed by atoms with E-state index in [0.717, 1.165) is 29.9 Å². The molecule has 0 saturated heterocycles. The lowest BCUT2D eigenvalue weighted by atomic mass is 9.96. The number of anilines is 3. The van der Waals surface area contributed by atoms with Gasteiger partial charge in [0.2, 0.25) is 0 Å². The van der Waals surface area contributed by atoms with Crippen LogP contribution < -0.4 is 15.5 Å². The number of alkyl halides is 2. The lowest BCUT2D eigenvalue weighted by molar-refractivity contribution is 0.0657. The Bertz CT molecular complexity index is 1090. The molecule has 0 bridgehead atoms. The number of carbonyl (C=O) groups is 1. The lowest BCUT2D eigenvalue weighted by Gasteiger charge is -2.32. The maximum Gasteiger partial charge on any atom is 0.261 e. The molecular weight excluding hydrogens is 424 g/mol. The molecule has 0 saturated carbocycles. The van der Waals surface area contributed by atoms with Crippen LogP contribution in [0.4, 0.5) is 26.0 Å².